The number of thiocarbonyl (C=S) groups is 1. The molecule has 1 aliphatic rings. The van der Waals surface area contributed by atoms with Crippen molar-refractivity contribution in [3.05, 3.63) is 100 Å². The lowest BCUT2D eigenvalue weighted by Gasteiger charge is -2.14. The predicted molar refractivity (Wildman–Crippen MR) is 155 cm³/mol. The first-order valence-corrected chi connectivity index (χ1v) is 13.6. The maximum absolute atomic E-state index is 13.0. The molecule has 0 aromatic heterocycles. The maximum Gasteiger partial charge on any atom is 0.266 e. The van der Waals surface area contributed by atoms with Gasteiger partial charge >= 0.3 is 0 Å². The Kier molecular flexibility index (Phi) is 9.52. The van der Waals surface area contributed by atoms with E-state index in [1.807, 2.05) is 91.9 Å². The SMILES string of the molecule is Cc1cccc(NC(=O)CCCCCN2C(=O)/C(=C/c3cccc(OCc4ccccc4)c3)SC2=S)c1. The molecular formula is C30H30N2O3S2. The molecule has 0 bridgehead atoms. The zero-order valence-corrected chi connectivity index (χ0v) is 22.4. The molecule has 1 saturated heterocycles. The number of benzene rings is 3. The van der Waals surface area contributed by atoms with Gasteiger partial charge in [0, 0.05) is 18.7 Å². The number of nitrogens with one attached hydrogen (secondary N) is 1. The van der Waals surface area contributed by atoms with Gasteiger partial charge in [-0.15, -0.1) is 0 Å². The summed E-state index contributed by atoms with van der Waals surface area (Å²) in [6, 6.07) is 25.5. The highest BCUT2D eigenvalue weighted by Crippen LogP contribution is 2.33. The number of rotatable bonds is 11. The van der Waals surface area contributed by atoms with E-state index in [1.54, 1.807) is 4.90 Å². The van der Waals surface area contributed by atoms with Gasteiger partial charge in [-0.3, -0.25) is 14.5 Å². The highest BCUT2D eigenvalue weighted by atomic mass is 32.2. The van der Waals surface area contributed by atoms with Crippen molar-refractivity contribution in [1.29, 1.82) is 0 Å². The van der Waals surface area contributed by atoms with Crippen molar-refractivity contribution in [1.82, 2.24) is 4.90 Å². The standard InChI is InChI=1S/C30H30N2O3S2/c1-22-10-8-14-25(18-22)31-28(33)16-6-3-7-17-32-29(34)27(37-30(32)36)20-24-13-9-15-26(19-24)35-21-23-11-4-2-5-12-23/h2,4-5,8-15,18-20H,3,6-7,16-17,21H2,1H3,(H,31,33)/b27-20-. The van der Waals surface area contributed by atoms with Crippen LogP contribution in [0.3, 0.4) is 0 Å². The van der Waals surface area contributed by atoms with Crippen LogP contribution in [0.25, 0.3) is 6.08 Å². The number of carbonyl (C=O) groups excluding carboxylic acids is 2. The molecular weight excluding hydrogens is 500 g/mol. The third kappa shape index (κ3) is 8.03. The monoisotopic (exact) mass is 530 g/mol. The number of nitrogens with zero attached hydrogens (tertiary/aromatic N) is 1. The minimum absolute atomic E-state index is 0.00845. The Morgan fingerprint density at radius 1 is 1.00 bits per heavy atom. The van der Waals surface area contributed by atoms with Crippen molar-refractivity contribution in [2.45, 2.75) is 39.2 Å². The highest BCUT2D eigenvalue weighted by Gasteiger charge is 2.31. The first-order valence-electron chi connectivity index (χ1n) is 12.4. The summed E-state index contributed by atoms with van der Waals surface area (Å²) in [4.78, 5) is 27.4. The van der Waals surface area contributed by atoms with Crippen molar-refractivity contribution < 1.29 is 14.3 Å². The molecule has 1 fully saturated rings. The molecule has 3 aromatic rings. The van der Waals surface area contributed by atoms with E-state index in [0.717, 1.165) is 47.4 Å². The summed E-state index contributed by atoms with van der Waals surface area (Å²) in [6.07, 6.45) is 4.72. The fourth-order valence-electron chi connectivity index (χ4n) is 3.96. The number of aryl methyl sites for hydroxylation is 1. The molecule has 4 rings (SSSR count). The maximum atomic E-state index is 13.0. The van der Waals surface area contributed by atoms with Crippen molar-refractivity contribution in [3.63, 3.8) is 0 Å². The number of ether oxygens (including phenoxy) is 1. The van der Waals surface area contributed by atoms with Gasteiger partial charge in [0.25, 0.3) is 5.91 Å². The predicted octanol–water partition coefficient (Wildman–Crippen LogP) is 6.97. The number of anilines is 1. The lowest BCUT2D eigenvalue weighted by atomic mass is 10.1. The Morgan fingerprint density at radius 2 is 1.81 bits per heavy atom. The van der Waals surface area contributed by atoms with E-state index in [9.17, 15) is 9.59 Å². The van der Waals surface area contributed by atoms with Gasteiger partial charge in [-0.1, -0.05) is 85.0 Å². The van der Waals surface area contributed by atoms with Gasteiger partial charge in [0.1, 0.15) is 16.7 Å². The van der Waals surface area contributed by atoms with E-state index in [-0.39, 0.29) is 11.8 Å². The first kappa shape index (κ1) is 26.6. The summed E-state index contributed by atoms with van der Waals surface area (Å²) in [5.74, 6) is 0.691. The van der Waals surface area contributed by atoms with Gasteiger partial charge < -0.3 is 10.1 Å². The zero-order chi connectivity index (χ0) is 26.0. The Morgan fingerprint density at radius 3 is 2.62 bits per heavy atom. The molecule has 3 aromatic carbocycles. The van der Waals surface area contributed by atoms with Crippen LogP contribution in [0.2, 0.25) is 0 Å². The third-order valence-electron chi connectivity index (χ3n) is 5.87. The summed E-state index contributed by atoms with van der Waals surface area (Å²) in [5.41, 5.74) is 3.92. The number of hydrogen-bond donors (Lipinski definition) is 1. The van der Waals surface area contributed by atoms with Gasteiger partial charge in [-0.2, -0.15) is 0 Å². The number of carbonyl (C=O) groups is 2. The molecule has 7 heteroatoms. The molecule has 0 saturated carbocycles. The quantitative estimate of drug-likeness (QED) is 0.165. The Balaban J connectivity index is 1.23. The van der Waals surface area contributed by atoms with Gasteiger partial charge in [-0.25, -0.2) is 0 Å². The third-order valence-corrected chi connectivity index (χ3v) is 7.24. The van der Waals surface area contributed by atoms with Crippen LogP contribution in [-0.2, 0) is 16.2 Å². The molecule has 0 spiro atoms. The minimum atomic E-state index is -0.0669. The van der Waals surface area contributed by atoms with Crippen LogP contribution in [0.1, 0.15) is 42.4 Å². The van der Waals surface area contributed by atoms with E-state index < -0.39 is 0 Å². The second kappa shape index (κ2) is 13.2. The Hall–Kier alpha value is -3.42. The topological polar surface area (TPSA) is 58.6 Å². The lowest BCUT2D eigenvalue weighted by Crippen LogP contribution is -2.29. The number of amides is 2. The van der Waals surface area contributed by atoms with E-state index in [0.29, 0.717) is 28.8 Å². The summed E-state index contributed by atoms with van der Waals surface area (Å²) < 4.78 is 6.49. The van der Waals surface area contributed by atoms with E-state index in [4.69, 9.17) is 17.0 Å². The smallest absolute Gasteiger partial charge is 0.266 e. The van der Waals surface area contributed by atoms with E-state index >= 15 is 0 Å². The van der Waals surface area contributed by atoms with Gasteiger partial charge in [-0.05, 0) is 66.8 Å². The van der Waals surface area contributed by atoms with Crippen LogP contribution in [0.4, 0.5) is 5.69 Å². The molecule has 1 N–H and O–H groups in total. The highest BCUT2D eigenvalue weighted by molar-refractivity contribution is 8.26. The molecule has 5 nitrogen and oxygen atoms in total. The summed E-state index contributed by atoms with van der Waals surface area (Å²) in [5, 5.41) is 2.93. The van der Waals surface area contributed by atoms with Crippen molar-refractivity contribution in [2.24, 2.45) is 0 Å². The summed E-state index contributed by atoms with van der Waals surface area (Å²) in [7, 11) is 0. The normalized spacial score (nSPS) is 14.3. The number of hydrogen-bond acceptors (Lipinski definition) is 5. The van der Waals surface area contributed by atoms with Crippen LogP contribution in [0, 0.1) is 6.92 Å². The molecule has 2 amide bonds. The molecule has 0 aliphatic carbocycles. The van der Waals surface area contributed by atoms with Crippen LogP contribution < -0.4 is 10.1 Å². The van der Waals surface area contributed by atoms with Crippen molar-refractivity contribution in [3.8, 4) is 5.75 Å². The van der Waals surface area contributed by atoms with Gasteiger partial charge in [0.2, 0.25) is 5.91 Å². The van der Waals surface area contributed by atoms with Gasteiger partial charge in [0.05, 0.1) is 4.91 Å². The Labute approximate surface area is 227 Å². The largest absolute Gasteiger partial charge is 0.489 e. The molecule has 0 atom stereocenters. The number of thioether (sulfide) groups is 1. The molecule has 0 unspecified atom stereocenters. The number of unbranched alkanes of at least 4 members (excludes halogenated alkanes) is 2. The van der Waals surface area contributed by atoms with Crippen molar-refractivity contribution >= 4 is 51.9 Å². The summed E-state index contributed by atoms with van der Waals surface area (Å²) >= 11 is 6.80. The first-order chi connectivity index (χ1) is 18.0. The van der Waals surface area contributed by atoms with Crippen LogP contribution in [0.5, 0.6) is 5.75 Å². The molecule has 1 heterocycles. The van der Waals surface area contributed by atoms with Crippen LogP contribution >= 0.6 is 24.0 Å². The zero-order valence-electron chi connectivity index (χ0n) is 20.8. The fraction of sp³-hybridized carbons (Fsp3) is 0.233. The second-order valence-corrected chi connectivity index (χ2v) is 10.6. The van der Waals surface area contributed by atoms with Gasteiger partial charge in [0.15, 0.2) is 0 Å². The minimum Gasteiger partial charge on any atom is -0.489 e. The average molecular weight is 531 g/mol. The average Bonchev–Trinajstić information content (AvgIpc) is 3.15. The molecule has 0 radical (unpaired) electrons. The Bertz CT molecular complexity index is 1290. The molecule has 190 valence electrons. The molecule has 1 aliphatic heterocycles. The molecule has 37 heavy (non-hydrogen) atoms. The fourth-order valence-corrected chi connectivity index (χ4v) is 5.27. The lowest BCUT2D eigenvalue weighted by molar-refractivity contribution is -0.122. The summed E-state index contributed by atoms with van der Waals surface area (Å²) in [6.45, 7) is 3.04. The van der Waals surface area contributed by atoms with E-state index in [1.165, 1.54) is 11.8 Å². The second-order valence-electron chi connectivity index (χ2n) is 8.91. The van der Waals surface area contributed by atoms with Crippen LogP contribution in [-0.4, -0.2) is 27.6 Å². The van der Waals surface area contributed by atoms with E-state index in [2.05, 4.69) is 5.32 Å². The van der Waals surface area contributed by atoms with Crippen LogP contribution in [0.15, 0.2) is 83.8 Å². The van der Waals surface area contributed by atoms with Crippen molar-refractivity contribution in [2.75, 3.05) is 11.9 Å².